The van der Waals surface area contributed by atoms with Crippen LogP contribution in [0.2, 0.25) is 0 Å². The lowest BCUT2D eigenvalue weighted by atomic mass is 10.1. The van der Waals surface area contributed by atoms with Crippen molar-refractivity contribution in [2.45, 2.75) is 25.8 Å². The summed E-state index contributed by atoms with van der Waals surface area (Å²) in [6, 6.07) is 8.21. The second-order valence-corrected chi connectivity index (χ2v) is 7.54. The molecule has 0 saturated carbocycles. The van der Waals surface area contributed by atoms with Crippen LogP contribution in [0.4, 0.5) is 5.00 Å². The number of rotatable bonds is 7. The van der Waals surface area contributed by atoms with E-state index in [1.54, 1.807) is 35.9 Å². The molecule has 3 rings (SSSR count). The fourth-order valence-corrected chi connectivity index (χ4v) is 3.93. The second-order valence-electron chi connectivity index (χ2n) is 6.62. The van der Waals surface area contributed by atoms with E-state index in [-0.39, 0.29) is 29.9 Å². The zero-order valence-electron chi connectivity index (χ0n) is 16.6. The maximum absolute atomic E-state index is 12.0. The Balaban J connectivity index is 0.00000300. The van der Waals surface area contributed by atoms with Crippen LogP contribution < -0.4 is 20.9 Å². The van der Waals surface area contributed by atoms with Crippen LogP contribution in [0.1, 0.15) is 30.1 Å². The molecule has 158 valence electrons. The van der Waals surface area contributed by atoms with Crippen molar-refractivity contribution in [2.75, 3.05) is 37.6 Å². The molecule has 1 aliphatic heterocycles. The summed E-state index contributed by atoms with van der Waals surface area (Å²) in [5, 5.41) is 13.2. The number of aromatic nitrogens is 1. The van der Waals surface area contributed by atoms with Crippen molar-refractivity contribution >= 4 is 52.2 Å². The van der Waals surface area contributed by atoms with E-state index in [9.17, 15) is 4.79 Å². The molecule has 2 aromatic heterocycles. The summed E-state index contributed by atoms with van der Waals surface area (Å²) in [6.45, 7) is 5.98. The molecule has 0 unspecified atom stereocenters. The number of anilines is 1. The summed E-state index contributed by atoms with van der Waals surface area (Å²) >= 11 is 1.80. The molecule has 1 aliphatic rings. The van der Waals surface area contributed by atoms with Crippen molar-refractivity contribution < 1.29 is 4.79 Å². The minimum Gasteiger partial charge on any atom is -0.363 e. The van der Waals surface area contributed by atoms with E-state index >= 15 is 0 Å². The highest BCUT2D eigenvalue weighted by Gasteiger charge is 2.20. The lowest BCUT2D eigenvalue weighted by molar-refractivity contribution is 0.0954. The molecule has 3 N–H and O–H groups in total. The predicted molar refractivity (Wildman–Crippen MR) is 131 cm³/mol. The Bertz CT molecular complexity index is 748. The van der Waals surface area contributed by atoms with E-state index in [1.165, 1.54) is 5.00 Å². The van der Waals surface area contributed by atoms with Gasteiger partial charge in [0.2, 0.25) is 0 Å². The molecule has 1 amide bonds. The number of guanidine groups is 1. The Kier molecular flexibility index (Phi) is 10.2. The third-order valence-corrected chi connectivity index (χ3v) is 5.52. The monoisotopic (exact) mass is 528 g/mol. The molecular formula is C20H29IN6OS. The fourth-order valence-electron chi connectivity index (χ4n) is 3.14. The largest absolute Gasteiger partial charge is 0.363 e. The van der Waals surface area contributed by atoms with Gasteiger partial charge in [0, 0.05) is 44.6 Å². The molecule has 1 saturated heterocycles. The third-order valence-electron chi connectivity index (χ3n) is 4.59. The molecule has 7 nitrogen and oxygen atoms in total. The average Bonchev–Trinajstić information content (AvgIpc) is 3.27. The summed E-state index contributed by atoms with van der Waals surface area (Å²) < 4.78 is 0. The number of halogens is 1. The highest BCUT2D eigenvalue weighted by atomic mass is 127. The first-order chi connectivity index (χ1) is 13.8. The van der Waals surface area contributed by atoms with Crippen LogP contribution in [-0.4, -0.2) is 55.6 Å². The van der Waals surface area contributed by atoms with Crippen molar-refractivity contribution in [3.63, 3.8) is 0 Å². The van der Waals surface area contributed by atoms with E-state index in [4.69, 9.17) is 0 Å². The van der Waals surface area contributed by atoms with E-state index in [0.717, 1.165) is 38.4 Å². The molecule has 0 bridgehead atoms. The van der Waals surface area contributed by atoms with E-state index in [2.05, 4.69) is 55.3 Å². The molecule has 2 aromatic rings. The number of aliphatic imine (C=N–C) groups is 1. The van der Waals surface area contributed by atoms with E-state index in [1.807, 2.05) is 0 Å². The van der Waals surface area contributed by atoms with Crippen LogP contribution in [0, 0.1) is 0 Å². The van der Waals surface area contributed by atoms with Gasteiger partial charge in [-0.3, -0.25) is 14.8 Å². The number of carbonyl (C=O) groups is 1. The van der Waals surface area contributed by atoms with Crippen molar-refractivity contribution in [1.29, 1.82) is 0 Å². The number of thiophene rings is 1. The predicted octanol–water partition coefficient (Wildman–Crippen LogP) is 2.72. The normalized spacial score (nSPS) is 14.8. The van der Waals surface area contributed by atoms with Gasteiger partial charge in [0.25, 0.3) is 5.91 Å². The summed E-state index contributed by atoms with van der Waals surface area (Å²) in [5.41, 5.74) is 0.564. The molecule has 0 aromatic carbocycles. The van der Waals surface area contributed by atoms with Crippen molar-refractivity contribution in [2.24, 2.45) is 4.99 Å². The summed E-state index contributed by atoms with van der Waals surface area (Å²) in [7, 11) is 0. The Morgan fingerprint density at radius 3 is 2.76 bits per heavy atom. The van der Waals surface area contributed by atoms with Gasteiger partial charge in [-0.05, 0) is 49.4 Å². The van der Waals surface area contributed by atoms with Gasteiger partial charge in [0.15, 0.2) is 5.96 Å². The first kappa shape index (κ1) is 23.4. The maximum atomic E-state index is 12.0. The summed E-state index contributed by atoms with van der Waals surface area (Å²) in [4.78, 5) is 23.0. The van der Waals surface area contributed by atoms with Crippen LogP contribution in [0.3, 0.4) is 0 Å². The van der Waals surface area contributed by atoms with Gasteiger partial charge in [0.05, 0.1) is 17.1 Å². The standard InChI is InChI=1S/C20H28N6OS.HI/c1-2-22-20(24-11-10-23-19(27)16-5-3-9-21-15-16)25-17-7-12-26(13-8-17)18-6-4-14-28-18;/h3-6,9,14-15,17H,2,7-8,10-13H2,1H3,(H,23,27)(H2,22,24,25);1H. The lowest BCUT2D eigenvalue weighted by Gasteiger charge is -2.33. The Hall–Kier alpha value is -1.88. The van der Waals surface area contributed by atoms with Crippen LogP contribution in [0.15, 0.2) is 47.0 Å². The first-order valence-electron chi connectivity index (χ1n) is 9.77. The minimum absolute atomic E-state index is 0. The molecule has 29 heavy (non-hydrogen) atoms. The van der Waals surface area contributed by atoms with Gasteiger partial charge in [-0.2, -0.15) is 0 Å². The molecule has 0 atom stereocenters. The molecule has 0 radical (unpaired) electrons. The van der Waals surface area contributed by atoms with Crippen molar-refractivity contribution in [1.82, 2.24) is 20.9 Å². The summed E-state index contributed by atoms with van der Waals surface area (Å²) in [6.07, 6.45) is 5.38. The summed E-state index contributed by atoms with van der Waals surface area (Å²) in [5.74, 6) is 0.690. The Morgan fingerprint density at radius 1 is 1.28 bits per heavy atom. The quantitative estimate of drug-likeness (QED) is 0.223. The van der Waals surface area contributed by atoms with Crippen molar-refractivity contribution in [3.8, 4) is 0 Å². The van der Waals surface area contributed by atoms with Crippen molar-refractivity contribution in [3.05, 3.63) is 47.6 Å². The van der Waals surface area contributed by atoms with E-state index in [0.29, 0.717) is 24.7 Å². The van der Waals surface area contributed by atoms with E-state index < -0.39 is 0 Å². The molecule has 3 heterocycles. The first-order valence-corrected chi connectivity index (χ1v) is 10.7. The van der Waals surface area contributed by atoms with Gasteiger partial charge in [0.1, 0.15) is 0 Å². The topological polar surface area (TPSA) is 81.6 Å². The minimum atomic E-state index is -0.123. The number of nitrogens with one attached hydrogen (secondary N) is 3. The Morgan fingerprint density at radius 2 is 2.10 bits per heavy atom. The van der Waals surface area contributed by atoms with Gasteiger partial charge >= 0.3 is 0 Å². The number of carbonyl (C=O) groups excluding carboxylic acids is 1. The highest BCUT2D eigenvalue weighted by Crippen LogP contribution is 2.24. The molecular weight excluding hydrogens is 499 g/mol. The SMILES string of the molecule is CCNC(=NCCNC(=O)c1cccnc1)NC1CCN(c2cccs2)CC1.I. The number of amides is 1. The van der Waals surface area contributed by atoms with Gasteiger partial charge in [-0.25, -0.2) is 0 Å². The third kappa shape index (κ3) is 7.46. The Labute approximate surface area is 193 Å². The number of hydrogen-bond donors (Lipinski definition) is 3. The molecule has 1 fully saturated rings. The zero-order valence-corrected chi connectivity index (χ0v) is 19.8. The highest BCUT2D eigenvalue weighted by molar-refractivity contribution is 14.0. The van der Waals surface area contributed by atoms with Crippen LogP contribution in [0.25, 0.3) is 0 Å². The van der Waals surface area contributed by atoms with Gasteiger partial charge in [-0.15, -0.1) is 35.3 Å². The molecule has 9 heteroatoms. The zero-order chi connectivity index (χ0) is 19.6. The smallest absolute Gasteiger partial charge is 0.252 e. The van der Waals surface area contributed by atoms with Crippen LogP contribution >= 0.6 is 35.3 Å². The van der Waals surface area contributed by atoms with Crippen LogP contribution in [-0.2, 0) is 0 Å². The maximum Gasteiger partial charge on any atom is 0.252 e. The number of piperidine rings is 1. The molecule has 0 spiro atoms. The average molecular weight is 528 g/mol. The fraction of sp³-hybridized carbons (Fsp3) is 0.450. The number of pyridine rings is 1. The van der Waals surface area contributed by atoms with Gasteiger partial charge in [-0.1, -0.05) is 0 Å². The number of hydrogen-bond acceptors (Lipinski definition) is 5. The number of nitrogens with zero attached hydrogens (tertiary/aromatic N) is 3. The van der Waals surface area contributed by atoms with Gasteiger partial charge < -0.3 is 20.9 Å². The van der Waals surface area contributed by atoms with Crippen LogP contribution in [0.5, 0.6) is 0 Å². The molecule has 0 aliphatic carbocycles. The second kappa shape index (κ2) is 12.6. The lowest BCUT2D eigenvalue weighted by Crippen LogP contribution is -2.48.